The van der Waals surface area contributed by atoms with Crippen LogP contribution in [0.2, 0.25) is 13.3 Å². The Hall–Kier alpha value is -0.561. The first-order valence-electron chi connectivity index (χ1n) is 12.0. The molecule has 0 aromatic heterocycles. The first kappa shape index (κ1) is 29.4. The van der Waals surface area contributed by atoms with Crippen LogP contribution in [0.15, 0.2) is 9.67 Å². The molecule has 0 aliphatic carbocycles. The predicted molar refractivity (Wildman–Crippen MR) is 130 cm³/mol. The van der Waals surface area contributed by atoms with E-state index < -0.39 is 18.4 Å². The van der Waals surface area contributed by atoms with Crippen molar-refractivity contribution in [2.75, 3.05) is 28.3 Å². The van der Waals surface area contributed by atoms with E-state index in [0.29, 0.717) is 12.8 Å². The molecular weight excluding hydrogens is 483 g/mol. The predicted octanol–water partition coefficient (Wildman–Crippen LogP) is 5.97. The van der Waals surface area contributed by atoms with Gasteiger partial charge in [0.2, 0.25) is 0 Å². The normalized spacial score (nSPS) is 12.2. The summed E-state index contributed by atoms with van der Waals surface area (Å²) in [6.45, 7) is 6.85. The molecule has 0 atom stereocenters. The molecule has 0 radical (unpaired) electrons. The van der Waals surface area contributed by atoms with Crippen molar-refractivity contribution >= 4 is 30.2 Å². The number of allylic oxidation sites excluding steroid dienone is 2. The molecule has 0 rings (SSSR count). The summed E-state index contributed by atoms with van der Waals surface area (Å²) in [4.78, 5) is 31.3. The Morgan fingerprint density at radius 2 is 1.30 bits per heavy atom. The third-order valence-corrected chi connectivity index (χ3v) is 22.6. The Kier molecular flexibility index (Phi) is 16.7. The van der Waals surface area contributed by atoms with Crippen molar-refractivity contribution in [1.82, 2.24) is 9.96 Å². The number of hydrogen-bond acceptors (Lipinski definition) is 3. The molecule has 30 heavy (non-hydrogen) atoms. The van der Waals surface area contributed by atoms with Gasteiger partial charge in [-0.15, -0.1) is 0 Å². The minimum absolute atomic E-state index is 0.0365. The van der Waals surface area contributed by atoms with Gasteiger partial charge in [0, 0.05) is 0 Å². The van der Waals surface area contributed by atoms with Gasteiger partial charge in [0.1, 0.15) is 0 Å². The summed E-state index contributed by atoms with van der Waals surface area (Å²) in [7, 11) is 6.86. The van der Waals surface area contributed by atoms with Gasteiger partial charge in [0.15, 0.2) is 0 Å². The number of amides is 2. The molecule has 0 saturated carbocycles. The topological polar surface area (TPSA) is 49.9 Å². The molecule has 0 unspecified atom stereocenters. The van der Waals surface area contributed by atoms with Gasteiger partial charge < -0.3 is 0 Å². The van der Waals surface area contributed by atoms with Crippen LogP contribution in [-0.4, -0.2) is 68.4 Å². The Bertz CT molecular complexity index is 499. The van der Waals surface area contributed by atoms with E-state index in [1.54, 1.807) is 15.5 Å². The van der Waals surface area contributed by atoms with E-state index in [0.717, 1.165) is 12.8 Å². The second-order valence-corrected chi connectivity index (χ2v) is 22.1. The van der Waals surface area contributed by atoms with Gasteiger partial charge >= 0.3 is 191 Å². The molecular formula is C24H48N2O3Sn. The summed E-state index contributed by atoms with van der Waals surface area (Å²) >= 11 is -2.61. The summed E-state index contributed by atoms with van der Waals surface area (Å²) in [5.74, 6) is 0.215. The van der Waals surface area contributed by atoms with Gasteiger partial charge in [-0.1, -0.05) is 0 Å². The van der Waals surface area contributed by atoms with E-state index in [9.17, 15) is 9.59 Å². The average molecular weight is 531 g/mol. The second kappa shape index (κ2) is 17.0. The van der Waals surface area contributed by atoms with Gasteiger partial charge in [0.05, 0.1) is 0 Å². The molecule has 0 spiro atoms. The molecule has 0 saturated heterocycles. The van der Waals surface area contributed by atoms with Gasteiger partial charge in [-0.3, -0.25) is 0 Å². The molecule has 0 fully saturated rings. The number of carbonyl (C=O) groups is 2. The first-order chi connectivity index (χ1) is 14.3. The van der Waals surface area contributed by atoms with Crippen LogP contribution in [0, 0.1) is 0 Å². The third-order valence-electron chi connectivity index (χ3n) is 6.19. The summed E-state index contributed by atoms with van der Waals surface area (Å²) in [6.07, 6.45) is 12.7. The molecule has 0 aromatic rings. The van der Waals surface area contributed by atoms with Crippen molar-refractivity contribution in [3.05, 3.63) is 9.67 Å². The van der Waals surface area contributed by atoms with Crippen LogP contribution in [0.1, 0.15) is 85.0 Å². The van der Waals surface area contributed by atoms with Crippen molar-refractivity contribution in [3.8, 4) is 0 Å². The van der Waals surface area contributed by atoms with Crippen LogP contribution < -0.4 is 0 Å². The Labute approximate surface area is 190 Å². The summed E-state index contributed by atoms with van der Waals surface area (Å²) in [5, 5.41) is 1.34. The summed E-state index contributed by atoms with van der Waals surface area (Å²) < 4.78 is 5.75. The molecule has 0 aliphatic heterocycles. The fourth-order valence-corrected chi connectivity index (χ4v) is 21.3. The Morgan fingerprint density at radius 3 is 1.70 bits per heavy atom. The maximum absolute atomic E-state index is 12.5. The molecule has 5 nitrogen and oxygen atoms in total. The quantitative estimate of drug-likeness (QED) is 0.172. The van der Waals surface area contributed by atoms with Crippen LogP contribution in [-0.2, 0) is 14.4 Å². The Morgan fingerprint density at radius 1 is 0.800 bits per heavy atom. The first-order valence-corrected chi connectivity index (χ1v) is 19.5. The molecule has 0 aliphatic rings. The van der Waals surface area contributed by atoms with Gasteiger partial charge in [-0.25, -0.2) is 0 Å². The van der Waals surface area contributed by atoms with E-state index in [4.69, 9.17) is 4.84 Å². The molecule has 176 valence electrons. The molecule has 0 aromatic carbocycles. The number of nitrogens with zero attached hydrogens (tertiary/aromatic N) is 2. The standard InChI is InChI=1S/C12H21N2O3.3C4H9.Sn/c1-13(2)11(15)9-7-5-6-8-10-12(16)14(3)17-4;3*1-3-4-2;/h5H,7-10H2,1-4H3;3*1,3-4H2,2H3;. The number of rotatable bonds is 17. The zero-order chi connectivity index (χ0) is 23.0. The zero-order valence-electron chi connectivity index (χ0n) is 20.9. The molecule has 0 heterocycles. The van der Waals surface area contributed by atoms with Crippen LogP contribution in [0.25, 0.3) is 0 Å². The monoisotopic (exact) mass is 532 g/mol. The minimum atomic E-state index is -2.61. The third kappa shape index (κ3) is 11.2. The van der Waals surface area contributed by atoms with Crippen molar-refractivity contribution in [2.45, 2.75) is 98.3 Å². The fraction of sp³-hybridized carbons (Fsp3) is 0.833. The van der Waals surface area contributed by atoms with Crippen LogP contribution in [0.3, 0.4) is 0 Å². The SMILES string of the molecule is CCC[CH2][Sn]([CH2]CCC)([CH2]CCC)/[C](=C\CCC(=O)N(C)C)CCC(=O)N(C)OC. The van der Waals surface area contributed by atoms with Crippen LogP contribution >= 0.6 is 0 Å². The fourth-order valence-electron chi connectivity index (χ4n) is 4.08. The maximum atomic E-state index is 12.5. The van der Waals surface area contributed by atoms with E-state index in [1.165, 1.54) is 64.0 Å². The van der Waals surface area contributed by atoms with E-state index in [-0.39, 0.29) is 11.8 Å². The van der Waals surface area contributed by atoms with E-state index >= 15 is 0 Å². The van der Waals surface area contributed by atoms with Crippen molar-refractivity contribution < 1.29 is 14.4 Å². The van der Waals surface area contributed by atoms with Crippen LogP contribution in [0.5, 0.6) is 0 Å². The molecule has 0 N–H and O–H groups in total. The second-order valence-electron chi connectivity index (χ2n) is 8.72. The number of hydroxylamine groups is 2. The summed E-state index contributed by atoms with van der Waals surface area (Å²) in [5.41, 5.74) is 0. The van der Waals surface area contributed by atoms with Gasteiger partial charge in [0.25, 0.3) is 0 Å². The van der Waals surface area contributed by atoms with Gasteiger partial charge in [-0.2, -0.15) is 0 Å². The van der Waals surface area contributed by atoms with Crippen LogP contribution in [0.4, 0.5) is 0 Å². The van der Waals surface area contributed by atoms with Gasteiger partial charge in [-0.05, 0) is 0 Å². The number of hydrogen-bond donors (Lipinski definition) is 0. The van der Waals surface area contributed by atoms with Crippen molar-refractivity contribution in [1.29, 1.82) is 0 Å². The number of unbranched alkanes of at least 4 members (excludes halogenated alkanes) is 3. The molecule has 2 amide bonds. The average Bonchev–Trinajstić information content (AvgIpc) is 2.74. The van der Waals surface area contributed by atoms with Crippen molar-refractivity contribution in [3.63, 3.8) is 0 Å². The van der Waals surface area contributed by atoms with Crippen molar-refractivity contribution in [2.24, 2.45) is 0 Å². The summed E-state index contributed by atoms with van der Waals surface area (Å²) in [6, 6.07) is 0. The van der Waals surface area contributed by atoms with E-state index in [2.05, 4.69) is 26.8 Å². The Balaban J connectivity index is 5.79. The van der Waals surface area contributed by atoms with E-state index in [1.807, 2.05) is 14.1 Å². The zero-order valence-corrected chi connectivity index (χ0v) is 23.7. The molecule has 0 bridgehead atoms. The molecule has 6 heteroatoms. The number of carbonyl (C=O) groups excluding carboxylic acids is 2.